The number of benzene rings is 1. The molecule has 132 valence electrons. The van der Waals surface area contributed by atoms with Crippen LogP contribution in [-0.4, -0.2) is 31.9 Å². The Morgan fingerprint density at radius 3 is 2.76 bits per heavy atom. The molecular weight excluding hydrogens is 344 g/mol. The highest BCUT2D eigenvalue weighted by molar-refractivity contribution is 7.71. The maximum absolute atomic E-state index is 12.0. The number of phenolic OH excluding ortho intramolecular Hbond substituents is 1. The molecule has 0 saturated heterocycles. The number of nitrogens with zero attached hydrogens (tertiary/aromatic N) is 2. The smallest absolute Gasteiger partial charge is 0.275 e. The third-order valence-electron chi connectivity index (χ3n) is 3.69. The third-order valence-corrected chi connectivity index (χ3v) is 3.99. The van der Waals surface area contributed by atoms with Crippen LogP contribution in [0, 0.1) is 4.77 Å². The van der Waals surface area contributed by atoms with Gasteiger partial charge in [-0.1, -0.05) is 19.1 Å². The highest BCUT2D eigenvalue weighted by Crippen LogP contribution is 2.20. The summed E-state index contributed by atoms with van der Waals surface area (Å²) in [4.78, 5) is 26.4. The van der Waals surface area contributed by atoms with E-state index in [1.807, 2.05) is 13.8 Å². The van der Waals surface area contributed by atoms with E-state index in [0.29, 0.717) is 6.42 Å². The van der Waals surface area contributed by atoms with E-state index in [0.717, 1.165) is 6.21 Å². The second kappa shape index (κ2) is 7.75. The number of hydrogen-bond acceptors (Lipinski definition) is 6. The molecule has 4 N–H and O–H groups in total. The Balaban J connectivity index is 2.30. The van der Waals surface area contributed by atoms with E-state index in [9.17, 15) is 19.8 Å². The molecular formula is C16H18N4O4S. The molecule has 9 heteroatoms. The minimum absolute atomic E-state index is 0.0355. The molecule has 8 nitrogen and oxygen atoms in total. The molecule has 1 aromatic carbocycles. The van der Waals surface area contributed by atoms with Gasteiger partial charge < -0.3 is 10.2 Å². The average molecular weight is 362 g/mol. The van der Waals surface area contributed by atoms with Crippen LogP contribution in [0.25, 0.3) is 0 Å². The average Bonchev–Trinajstić information content (AvgIpc) is 2.57. The maximum Gasteiger partial charge on any atom is 0.275 e. The summed E-state index contributed by atoms with van der Waals surface area (Å²) in [5.74, 6) is -1.18. The molecule has 0 aliphatic rings. The maximum atomic E-state index is 12.0. The lowest BCUT2D eigenvalue weighted by atomic mass is 10.2. The monoisotopic (exact) mass is 362 g/mol. The van der Waals surface area contributed by atoms with Crippen LogP contribution >= 0.6 is 12.2 Å². The fraction of sp³-hybridized carbons (Fsp3) is 0.250. The van der Waals surface area contributed by atoms with Crippen molar-refractivity contribution in [1.82, 2.24) is 15.0 Å². The number of amides is 1. The molecule has 1 heterocycles. The zero-order chi connectivity index (χ0) is 18.6. The molecule has 0 bridgehead atoms. The van der Waals surface area contributed by atoms with Crippen molar-refractivity contribution in [2.45, 2.75) is 26.3 Å². The molecule has 0 fully saturated rings. The predicted octanol–water partition coefficient (Wildman–Crippen LogP) is 2.05. The molecule has 0 spiro atoms. The number of hydrogen-bond donors (Lipinski definition) is 4. The van der Waals surface area contributed by atoms with E-state index in [1.54, 1.807) is 12.1 Å². The number of carbonyl (C=O) groups is 1. The van der Waals surface area contributed by atoms with Crippen LogP contribution in [0.1, 0.15) is 42.2 Å². The molecule has 2 aromatic rings. The predicted molar refractivity (Wildman–Crippen MR) is 95.7 cm³/mol. The Bertz CT molecular complexity index is 932. The summed E-state index contributed by atoms with van der Waals surface area (Å²) >= 11 is 5.07. The van der Waals surface area contributed by atoms with Crippen LogP contribution in [0.3, 0.4) is 0 Å². The van der Waals surface area contributed by atoms with Crippen LogP contribution in [0.5, 0.6) is 11.6 Å². The highest BCUT2D eigenvalue weighted by atomic mass is 32.1. The Labute approximate surface area is 148 Å². The van der Waals surface area contributed by atoms with Gasteiger partial charge in [-0.25, -0.2) is 5.43 Å². The molecule has 1 atom stereocenters. The summed E-state index contributed by atoms with van der Waals surface area (Å²) in [5.41, 5.74) is 1.47. The van der Waals surface area contributed by atoms with Crippen LogP contribution in [0.2, 0.25) is 0 Å². The lowest BCUT2D eigenvalue weighted by molar-refractivity contribution is 0.0952. The van der Waals surface area contributed by atoms with E-state index in [4.69, 9.17) is 12.2 Å². The number of para-hydroxylation sites is 1. The van der Waals surface area contributed by atoms with Crippen molar-refractivity contribution in [2.24, 2.45) is 5.10 Å². The number of rotatable bonds is 5. The molecule has 2 rings (SSSR count). The molecule has 25 heavy (non-hydrogen) atoms. The summed E-state index contributed by atoms with van der Waals surface area (Å²) in [6.07, 6.45) is 1.72. The van der Waals surface area contributed by atoms with Gasteiger partial charge in [0.05, 0.1) is 11.8 Å². The van der Waals surface area contributed by atoms with Gasteiger partial charge >= 0.3 is 0 Å². The Kier molecular flexibility index (Phi) is 5.71. The highest BCUT2D eigenvalue weighted by Gasteiger charge is 2.15. The largest absolute Gasteiger partial charge is 0.507 e. The number of hydrazone groups is 1. The van der Waals surface area contributed by atoms with Crippen molar-refractivity contribution in [3.63, 3.8) is 0 Å². The van der Waals surface area contributed by atoms with Gasteiger partial charge in [0.1, 0.15) is 11.3 Å². The first-order chi connectivity index (χ1) is 11.9. The van der Waals surface area contributed by atoms with Gasteiger partial charge in [0.25, 0.3) is 11.5 Å². The molecule has 0 aliphatic carbocycles. The van der Waals surface area contributed by atoms with Gasteiger partial charge in [0, 0.05) is 6.04 Å². The van der Waals surface area contributed by atoms with Gasteiger partial charge in [0.2, 0.25) is 5.88 Å². The van der Waals surface area contributed by atoms with Crippen molar-refractivity contribution in [3.8, 4) is 11.6 Å². The van der Waals surface area contributed by atoms with Crippen molar-refractivity contribution >= 4 is 24.3 Å². The molecule has 1 aromatic heterocycles. The van der Waals surface area contributed by atoms with E-state index >= 15 is 0 Å². The van der Waals surface area contributed by atoms with Crippen molar-refractivity contribution in [3.05, 3.63) is 50.5 Å². The van der Waals surface area contributed by atoms with Crippen LogP contribution in [0.4, 0.5) is 0 Å². The first kappa shape index (κ1) is 18.4. The fourth-order valence-electron chi connectivity index (χ4n) is 2.14. The zero-order valence-electron chi connectivity index (χ0n) is 13.7. The number of carbonyl (C=O) groups excluding carboxylic acids is 1. The summed E-state index contributed by atoms with van der Waals surface area (Å²) in [5, 5.41) is 23.6. The van der Waals surface area contributed by atoms with Gasteiger partial charge in [-0.05, 0) is 37.7 Å². The summed E-state index contributed by atoms with van der Waals surface area (Å²) in [7, 11) is 0. The van der Waals surface area contributed by atoms with E-state index in [-0.39, 0.29) is 33.6 Å². The van der Waals surface area contributed by atoms with Gasteiger partial charge in [-0.3, -0.25) is 19.1 Å². The number of nitrogens with one attached hydrogen (secondary N) is 2. The quantitative estimate of drug-likeness (QED) is 0.369. The minimum Gasteiger partial charge on any atom is -0.507 e. The number of aromatic nitrogens is 2. The summed E-state index contributed by atoms with van der Waals surface area (Å²) in [6, 6.07) is 5.83. The summed E-state index contributed by atoms with van der Waals surface area (Å²) < 4.78 is 1.51. The first-order valence-corrected chi connectivity index (χ1v) is 7.96. The van der Waals surface area contributed by atoms with Gasteiger partial charge in [0.15, 0.2) is 4.77 Å². The van der Waals surface area contributed by atoms with Crippen LogP contribution in [-0.2, 0) is 0 Å². The SMILES string of the molecule is CC[C@@H](C)n1c(O)c(/C=N/NC(=O)c2ccccc2O)c(=O)[nH]c1=S. The third kappa shape index (κ3) is 3.94. The standard InChI is InChI=1S/C16H18N4O4S/c1-3-9(2)20-15(24)11(13(22)18-16(20)25)8-17-19-14(23)10-6-4-5-7-12(10)21/h4-9,21,24H,3H2,1-2H3,(H,19,23)(H,18,22,25)/b17-8+/t9-/m1/s1. The fourth-order valence-corrected chi connectivity index (χ4v) is 2.50. The van der Waals surface area contributed by atoms with E-state index in [2.05, 4.69) is 15.5 Å². The Morgan fingerprint density at radius 2 is 2.12 bits per heavy atom. The van der Waals surface area contributed by atoms with E-state index in [1.165, 1.54) is 16.7 Å². The lowest BCUT2D eigenvalue weighted by Crippen LogP contribution is -2.22. The van der Waals surface area contributed by atoms with Crippen molar-refractivity contribution < 1.29 is 15.0 Å². The topological polar surface area (TPSA) is 120 Å². The normalized spacial score (nSPS) is 12.2. The first-order valence-electron chi connectivity index (χ1n) is 7.56. The molecule has 0 radical (unpaired) electrons. The minimum atomic E-state index is -0.653. The van der Waals surface area contributed by atoms with Crippen LogP contribution in [0.15, 0.2) is 34.2 Å². The molecule has 0 aliphatic heterocycles. The lowest BCUT2D eigenvalue weighted by Gasteiger charge is -2.16. The van der Waals surface area contributed by atoms with Crippen molar-refractivity contribution in [2.75, 3.05) is 0 Å². The van der Waals surface area contributed by atoms with Crippen LogP contribution < -0.4 is 11.0 Å². The number of phenols is 1. The molecule has 0 unspecified atom stereocenters. The second-order valence-electron chi connectivity index (χ2n) is 5.34. The number of H-pyrrole nitrogens is 1. The van der Waals surface area contributed by atoms with Gasteiger partial charge in [-0.15, -0.1) is 0 Å². The molecule has 1 amide bonds. The van der Waals surface area contributed by atoms with E-state index < -0.39 is 11.5 Å². The Hall–Kier alpha value is -2.94. The number of aromatic hydroxyl groups is 2. The van der Waals surface area contributed by atoms with Gasteiger partial charge in [-0.2, -0.15) is 5.10 Å². The number of aromatic amines is 1. The zero-order valence-corrected chi connectivity index (χ0v) is 14.5. The Morgan fingerprint density at radius 1 is 1.44 bits per heavy atom. The summed E-state index contributed by atoms with van der Waals surface area (Å²) in [6.45, 7) is 3.76. The van der Waals surface area contributed by atoms with Crippen molar-refractivity contribution in [1.29, 1.82) is 0 Å². The second-order valence-corrected chi connectivity index (χ2v) is 5.73. The molecule has 0 saturated carbocycles.